The molecule has 1 aromatic carbocycles. The summed E-state index contributed by atoms with van der Waals surface area (Å²) in [6, 6.07) is 4.93. The van der Waals surface area contributed by atoms with Crippen molar-refractivity contribution in [3.8, 4) is 11.4 Å². The summed E-state index contributed by atoms with van der Waals surface area (Å²) in [4.78, 5) is 13.3. The van der Waals surface area contributed by atoms with Crippen LogP contribution in [0, 0.1) is 0 Å². The Kier molecular flexibility index (Phi) is 5.74. The van der Waals surface area contributed by atoms with Crippen LogP contribution in [-0.2, 0) is 12.7 Å². The van der Waals surface area contributed by atoms with Crippen LogP contribution >= 0.6 is 11.5 Å². The summed E-state index contributed by atoms with van der Waals surface area (Å²) in [5.74, 6) is 1.71. The Bertz CT molecular complexity index is 994. The Hall–Kier alpha value is -2.53. The van der Waals surface area contributed by atoms with Crippen molar-refractivity contribution < 1.29 is 17.7 Å². The van der Waals surface area contributed by atoms with Gasteiger partial charge in [-0.05, 0) is 12.1 Å². The van der Waals surface area contributed by atoms with E-state index in [1.165, 1.54) is 23.7 Å². The quantitative estimate of drug-likeness (QED) is 0.595. The number of hydrogen-bond donors (Lipinski definition) is 0. The second-order valence-electron chi connectivity index (χ2n) is 7.44. The fourth-order valence-corrected chi connectivity index (χ4v) is 4.01. The molecule has 11 heteroatoms. The monoisotopic (exact) mass is 438 g/mol. The maximum Gasteiger partial charge on any atom is 0.416 e. The van der Waals surface area contributed by atoms with Crippen LogP contribution in [0.25, 0.3) is 11.4 Å². The molecular weight excluding hydrogens is 417 g/mol. The number of halogens is 3. The number of aromatic nitrogens is 4. The van der Waals surface area contributed by atoms with Gasteiger partial charge in [0, 0.05) is 49.2 Å². The highest BCUT2D eigenvalue weighted by Gasteiger charge is 2.31. The molecule has 4 rings (SSSR count). The number of hydrogen-bond acceptors (Lipinski definition) is 8. The molecule has 1 aliphatic heterocycles. The van der Waals surface area contributed by atoms with E-state index >= 15 is 0 Å². The Balaban J connectivity index is 1.36. The molecule has 2 aromatic heterocycles. The molecule has 1 aliphatic rings. The van der Waals surface area contributed by atoms with Crippen LogP contribution in [0.3, 0.4) is 0 Å². The van der Waals surface area contributed by atoms with Crippen molar-refractivity contribution >= 4 is 16.7 Å². The van der Waals surface area contributed by atoms with E-state index in [9.17, 15) is 13.2 Å². The van der Waals surface area contributed by atoms with Gasteiger partial charge in [0.25, 0.3) is 0 Å². The second-order valence-corrected chi connectivity index (χ2v) is 8.17. The summed E-state index contributed by atoms with van der Waals surface area (Å²) in [5.41, 5.74) is -0.457. The molecule has 160 valence electrons. The van der Waals surface area contributed by atoms with Gasteiger partial charge in [-0.2, -0.15) is 22.5 Å². The third kappa shape index (κ3) is 4.62. The first kappa shape index (κ1) is 20.7. The largest absolute Gasteiger partial charge is 0.416 e. The molecule has 1 saturated heterocycles. The number of nitrogens with zero attached hydrogens (tertiary/aromatic N) is 6. The van der Waals surface area contributed by atoms with Gasteiger partial charge in [-0.25, -0.2) is 4.98 Å². The lowest BCUT2D eigenvalue weighted by Gasteiger charge is -2.33. The fraction of sp³-hybridized carbons (Fsp3) is 0.474. The summed E-state index contributed by atoms with van der Waals surface area (Å²) < 4.78 is 48.4. The van der Waals surface area contributed by atoms with E-state index in [0.29, 0.717) is 18.4 Å². The van der Waals surface area contributed by atoms with E-state index in [0.717, 1.165) is 49.3 Å². The van der Waals surface area contributed by atoms with Crippen molar-refractivity contribution in [1.82, 2.24) is 24.4 Å². The molecule has 0 radical (unpaired) electrons. The molecule has 3 heterocycles. The van der Waals surface area contributed by atoms with Crippen LogP contribution in [0.2, 0.25) is 0 Å². The maximum atomic E-state index is 12.9. The summed E-state index contributed by atoms with van der Waals surface area (Å²) in [6.45, 7) is 7.79. The maximum absolute atomic E-state index is 12.9. The molecule has 3 aromatic rings. The van der Waals surface area contributed by atoms with Gasteiger partial charge in [-0.1, -0.05) is 31.1 Å². The molecule has 0 atom stereocenters. The van der Waals surface area contributed by atoms with Crippen LogP contribution in [0.15, 0.2) is 28.8 Å². The van der Waals surface area contributed by atoms with E-state index in [4.69, 9.17) is 4.52 Å². The molecule has 0 unspecified atom stereocenters. The van der Waals surface area contributed by atoms with Crippen molar-refractivity contribution in [3.05, 3.63) is 41.5 Å². The Labute approximate surface area is 175 Å². The Morgan fingerprint density at radius 3 is 2.57 bits per heavy atom. The smallest absolute Gasteiger partial charge is 0.344 e. The zero-order chi connectivity index (χ0) is 21.3. The van der Waals surface area contributed by atoms with Crippen molar-refractivity contribution in [1.29, 1.82) is 0 Å². The van der Waals surface area contributed by atoms with Gasteiger partial charge in [0.15, 0.2) is 0 Å². The molecule has 7 nitrogen and oxygen atoms in total. The van der Waals surface area contributed by atoms with Gasteiger partial charge in [0.2, 0.25) is 16.8 Å². The minimum atomic E-state index is -4.41. The average molecular weight is 438 g/mol. The fourth-order valence-electron chi connectivity index (χ4n) is 3.15. The number of rotatable bonds is 5. The lowest BCUT2D eigenvalue weighted by Crippen LogP contribution is -2.46. The van der Waals surface area contributed by atoms with Crippen LogP contribution < -0.4 is 4.90 Å². The van der Waals surface area contributed by atoms with Gasteiger partial charge in [0.1, 0.15) is 5.82 Å². The number of anilines is 1. The van der Waals surface area contributed by atoms with Gasteiger partial charge in [0.05, 0.1) is 12.1 Å². The molecule has 0 aliphatic carbocycles. The topological polar surface area (TPSA) is 71.2 Å². The van der Waals surface area contributed by atoms with Gasteiger partial charge in [-0.3, -0.25) is 4.90 Å². The Morgan fingerprint density at radius 2 is 1.90 bits per heavy atom. The SMILES string of the molecule is CC(C)c1nsc(N2CCN(Cc3nc(-c4cccc(C(F)(F)F)c4)no3)CC2)n1. The predicted molar refractivity (Wildman–Crippen MR) is 106 cm³/mol. The second kappa shape index (κ2) is 8.31. The standard InChI is InChI=1S/C19H21F3N6OS/c1-12(2)16-24-18(30-26-16)28-8-6-27(7-9-28)11-15-23-17(25-29-15)13-4-3-5-14(10-13)19(20,21)22/h3-5,10,12H,6-9,11H2,1-2H3. The van der Waals surface area contributed by atoms with Crippen molar-refractivity contribution in [2.24, 2.45) is 0 Å². The first-order valence-corrected chi connectivity index (χ1v) is 10.4. The van der Waals surface area contributed by atoms with Crippen LogP contribution in [0.5, 0.6) is 0 Å². The molecule has 0 bridgehead atoms. The molecule has 0 N–H and O–H groups in total. The minimum absolute atomic E-state index is 0.157. The summed E-state index contributed by atoms with van der Waals surface area (Å²) in [7, 11) is 0. The highest BCUT2D eigenvalue weighted by Crippen LogP contribution is 2.31. The van der Waals surface area contributed by atoms with Gasteiger partial charge in [-0.15, -0.1) is 0 Å². The summed E-state index contributed by atoms with van der Waals surface area (Å²) in [6.07, 6.45) is -4.41. The highest BCUT2D eigenvalue weighted by atomic mass is 32.1. The van der Waals surface area contributed by atoms with Crippen molar-refractivity contribution in [2.45, 2.75) is 32.5 Å². The number of benzene rings is 1. The first-order chi connectivity index (χ1) is 14.3. The Morgan fingerprint density at radius 1 is 1.13 bits per heavy atom. The zero-order valence-corrected chi connectivity index (χ0v) is 17.4. The highest BCUT2D eigenvalue weighted by molar-refractivity contribution is 7.09. The number of alkyl halides is 3. The third-order valence-corrected chi connectivity index (χ3v) is 5.66. The number of piperazine rings is 1. The third-order valence-electron chi connectivity index (χ3n) is 4.87. The molecular formula is C19H21F3N6OS. The lowest BCUT2D eigenvalue weighted by atomic mass is 10.1. The van der Waals surface area contributed by atoms with Crippen LogP contribution in [0.4, 0.5) is 18.3 Å². The summed E-state index contributed by atoms with van der Waals surface area (Å²) in [5, 5.41) is 4.78. The van der Waals surface area contributed by atoms with Crippen LogP contribution in [0.1, 0.15) is 37.0 Å². The molecule has 0 saturated carbocycles. The summed E-state index contributed by atoms with van der Waals surface area (Å²) >= 11 is 1.42. The molecule has 0 spiro atoms. The van der Waals surface area contributed by atoms with Gasteiger partial charge < -0.3 is 9.42 Å². The minimum Gasteiger partial charge on any atom is -0.344 e. The van der Waals surface area contributed by atoms with E-state index in [1.54, 1.807) is 0 Å². The van der Waals surface area contributed by atoms with Gasteiger partial charge >= 0.3 is 6.18 Å². The first-order valence-electron chi connectivity index (χ1n) is 9.61. The van der Waals surface area contributed by atoms with E-state index in [2.05, 4.69) is 43.1 Å². The van der Waals surface area contributed by atoms with E-state index < -0.39 is 11.7 Å². The zero-order valence-electron chi connectivity index (χ0n) is 16.6. The lowest BCUT2D eigenvalue weighted by molar-refractivity contribution is -0.137. The van der Waals surface area contributed by atoms with Crippen LogP contribution in [-0.4, -0.2) is 50.6 Å². The predicted octanol–water partition coefficient (Wildman–Crippen LogP) is 4.05. The normalized spacial score (nSPS) is 15.9. The molecule has 30 heavy (non-hydrogen) atoms. The molecule has 1 fully saturated rings. The van der Waals surface area contributed by atoms with Crippen molar-refractivity contribution in [3.63, 3.8) is 0 Å². The average Bonchev–Trinajstić information content (AvgIpc) is 3.38. The van der Waals surface area contributed by atoms with E-state index in [1.807, 2.05) is 0 Å². The van der Waals surface area contributed by atoms with Crippen molar-refractivity contribution in [2.75, 3.05) is 31.1 Å². The van der Waals surface area contributed by atoms with E-state index in [-0.39, 0.29) is 11.4 Å². The molecule has 0 amide bonds.